The van der Waals surface area contributed by atoms with E-state index in [0.717, 1.165) is 23.1 Å². The first-order chi connectivity index (χ1) is 13.8. The Morgan fingerprint density at radius 3 is 2.38 bits per heavy atom. The highest BCUT2D eigenvalue weighted by Crippen LogP contribution is 2.37. The highest BCUT2D eigenvalue weighted by atomic mass is 35.5. The molecule has 0 saturated carbocycles. The fourth-order valence-electron chi connectivity index (χ4n) is 2.31. The number of rotatable bonds is 8. The molecular formula is C21H25ClN2O4S. The number of halogens is 1. The Kier molecular flexibility index (Phi) is 8.67. The molecule has 0 heterocycles. The summed E-state index contributed by atoms with van der Waals surface area (Å²) >= 11 is 7.44. The van der Waals surface area contributed by atoms with Crippen LogP contribution in [-0.2, 0) is 0 Å². The van der Waals surface area contributed by atoms with Crippen molar-refractivity contribution in [2.75, 3.05) is 32.6 Å². The molecule has 0 spiro atoms. The Bertz CT molecular complexity index is 857. The van der Waals surface area contributed by atoms with E-state index in [9.17, 15) is 9.59 Å². The summed E-state index contributed by atoms with van der Waals surface area (Å²) < 4.78 is 11.3. The highest BCUT2D eigenvalue weighted by Gasteiger charge is 2.17. The van der Waals surface area contributed by atoms with E-state index in [1.807, 2.05) is 13.8 Å². The number of thioether (sulfide) groups is 1. The van der Waals surface area contributed by atoms with Gasteiger partial charge >= 0.3 is 0 Å². The minimum absolute atomic E-state index is 0.0646. The molecule has 8 heteroatoms. The van der Waals surface area contributed by atoms with Gasteiger partial charge in [-0.1, -0.05) is 18.5 Å². The number of hydrogen-bond donors (Lipinski definition) is 1. The maximum Gasteiger partial charge on any atom is 0.285 e. The highest BCUT2D eigenvalue weighted by molar-refractivity contribution is 8.13. The van der Waals surface area contributed by atoms with Gasteiger partial charge in [0.15, 0.2) is 11.5 Å². The molecular weight excluding hydrogens is 412 g/mol. The number of carbonyl (C=O) groups is 2. The molecule has 0 fully saturated rings. The Balaban J connectivity index is 2.14. The van der Waals surface area contributed by atoms with Gasteiger partial charge < -0.3 is 19.7 Å². The molecule has 0 radical (unpaired) electrons. The van der Waals surface area contributed by atoms with Crippen molar-refractivity contribution < 1.29 is 19.1 Å². The Morgan fingerprint density at radius 1 is 1.10 bits per heavy atom. The number of benzene rings is 2. The van der Waals surface area contributed by atoms with E-state index < -0.39 is 0 Å². The molecule has 0 aliphatic heterocycles. The van der Waals surface area contributed by atoms with Crippen LogP contribution in [0.2, 0.25) is 5.02 Å². The van der Waals surface area contributed by atoms with Crippen LogP contribution in [0.4, 0.5) is 10.5 Å². The van der Waals surface area contributed by atoms with Gasteiger partial charge in [-0.2, -0.15) is 0 Å². The van der Waals surface area contributed by atoms with Crippen LogP contribution < -0.4 is 14.8 Å². The molecule has 0 aliphatic rings. The minimum atomic E-state index is -0.320. The van der Waals surface area contributed by atoms with Crippen LogP contribution in [0.25, 0.3) is 0 Å². The summed E-state index contributed by atoms with van der Waals surface area (Å²) in [7, 11) is 3.40. The van der Waals surface area contributed by atoms with Gasteiger partial charge in [-0.25, -0.2) is 0 Å². The van der Waals surface area contributed by atoms with Gasteiger partial charge in [0.1, 0.15) is 0 Å². The molecule has 0 aliphatic carbocycles. The van der Waals surface area contributed by atoms with E-state index >= 15 is 0 Å². The van der Waals surface area contributed by atoms with Crippen LogP contribution in [-0.4, -0.2) is 43.4 Å². The molecule has 1 N–H and O–H groups in total. The number of nitrogens with one attached hydrogen (secondary N) is 1. The van der Waals surface area contributed by atoms with Crippen molar-refractivity contribution in [3.05, 3.63) is 47.0 Å². The first-order valence-corrected chi connectivity index (χ1v) is 10.4. The molecule has 0 bridgehead atoms. The van der Waals surface area contributed by atoms with Crippen molar-refractivity contribution >= 4 is 40.2 Å². The van der Waals surface area contributed by atoms with E-state index in [-0.39, 0.29) is 11.1 Å². The largest absolute Gasteiger partial charge is 0.490 e. The van der Waals surface area contributed by atoms with E-state index in [0.29, 0.717) is 41.0 Å². The monoisotopic (exact) mass is 436 g/mol. The first-order valence-electron chi connectivity index (χ1n) is 9.25. The van der Waals surface area contributed by atoms with Crippen LogP contribution in [0.5, 0.6) is 11.5 Å². The summed E-state index contributed by atoms with van der Waals surface area (Å²) in [5, 5.41) is 3.08. The van der Waals surface area contributed by atoms with Crippen LogP contribution >= 0.6 is 23.4 Å². The quantitative estimate of drug-likeness (QED) is 0.549. The standard InChI is InChI=1S/C21H25ClN2O4S/c1-5-11-28-19-17(22)12-14(13-18(19)27-6-2)20(25)23-15-7-9-16(10-8-15)29-21(26)24(3)4/h7-10,12-13H,5-6,11H2,1-4H3,(H,23,25). The van der Waals surface area contributed by atoms with Gasteiger partial charge in [0, 0.05) is 30.2 Å². The molecule has 0 unspecified atom stereocenters. The van der Waals surface area contributed by atoms with E-state index in [4.69, 9.17) is 21.1 Å². The normalized spacial score (nSPS) is 10.4. The van der Waals surface area contributed by atoms with Crippen LogP contribution in [0.3, 0.4) is 0 Å². The molecule has 2 rings (SSSR count). The Labute approximate surface area is 180 Å². The molecule has 0 atom stereocenters. The lowest BCUT2D eigenvalue weighted by Crippen LogP contribution is -2.16. The number of hydrogen-bond acceptors (Lipinski definition) is 5. The summed E-state index contributed by atoms with van der Waals surface area (Å²) in [6, 6.07) is 10.2. The molecule has 156 valence electrons. The summed E-state index contributed by atoms with van der Waals surface area (Å²) in [5.41, 5.74) is 0.973. The molecule has 29 heavy (non-hydrogen) atoms. The van der Waals surface area contributed by atoms with Gasteiger partial charge in [-0.3, -0.25) is 9.59 Å². The molecule has 6 nitrogen and oxygen atoms in total. The van der Waals surface area contributed by atoms with Gasteiger partial charge in [0.05, 0.1) is 18.2 Å². The first kappa shape index (κ1) is 22.9. The van der Waals surface area contributed by atoms with Crippen molar-refractivity contribution in [3.63, 3.8) is 0 Å². The average molecular weight is 437 g/mol. The van der Waals surface area contributed by atoms with Crippen LogP contribution in [0.1, 0.15) is 30.6 Å². The topological polar surface area (TPSA) is 67.9 Å². The fourth-order valence-corrected chi connectivity index (χ4v) is 3.23. The van der Waals surface area contributed by atoms with E-state index in [2.05, 4.69) is 5.32 Å². The van der Waals surface area contributed by atoms with Crippen molar-refractivity contribution in [1.29, 1.82) is 0 Å². The summed E-state index contributed by atoms with van der Waals surface area (Å²) in [6.45, 7) is 4.78. The smallest absolute Gasteiger partial charge is 0.285 e. The maximum atomic E-state index is 12.7. The number of ether oxygens (including phenoxy) is 2. The minimum Gasteiger partial charge on any atom is -0.490 e. The molecule has 0 aromatic heterocycles. The third-order valence-electron chi connectivity index (χ3n) is 3.70. The van der Waals surface area contributed by atoms with Crippen molar-refractivity contribution in [3.8, 4) is 11.5 Å². The Morgan fingerprint density at radius 2 is 1.79 bits per heavy atom. The summed E-state index contributed by atoms with van der Waals surface area (Å²) in [4.78, 5) is 26.7. The molecule has 2 aromatic rings. The zero-order valence-corrected chi connectivity index (χ0v) is 18.5. The number of carbonyl (C=O) groups excluding carboxylic acids is 2. The maximum absolute atomic E-state index is 12.7. The van der Waals surface area contributed by atoms with Crippen LogP contribution in [0.15, 0.2) is 41.3 Å². The lowest BCUT2D eigenvalue weighted by atomic mass is 10.1. The van der Waals surface area contributed by atoms with Crippen molar-refractivity contribution in [2.45, 2.75) is 25.2 Å². The number of anilines is 1. The number of amides is 2. The van der Waals surface area contributed by atoms with E-state index in [1.54, 1.807) is 50.5 Å². The second kappa shape index (κ2) is 11.0. The average Bonchev–Trinajstić information content (AvgIpc) is 2.68. The zero-order chi connectivity index (χ0) is 21.4. The van der Waals surface area contributed by atoms with E-state index in [1.165, 1.54) is 4.90 Å². The predicted octanol–water partition coefficient (Wildman–Crippen LogP) is 5.55. The SMILES string of the molecule is CCCOc1c(Cl)cc(C(=O)Nc2ccc(SC(=O)N(C)C)cc2)cc1OCC. The Hall–Kier alpha value is -2.38. The zero-order valence-electron chi connectivity index (χ0n) is 17.0. The van der Waals surface area contributed by atoms with Gasteiger partial charge in [0.25, 0.3) is 11.1 Å². The third kappa shape index (κ3) is 6.58. The fraction of sp³-hybridized carbons (Fsp3) is 0.333. The van der Waals surface area contributed by atoms with Gasteiger partial charge in [-0.15, -0.1) is 0 Å². The van der Waals surface area contributed by atoms with Crippen molar-refractivity contribution in [2.24, 2.45) is 0 Å². The third-order valence-corrected chi connectivity index (χ3v) is 5.03. The lowest BCUT2D eigenvalue weighted by Gasteiger charge is -2.15. The van der Waals surface area contributed by atoms with Crippen LogP contribution in [0, 0.1) is 0 Å². The second-order valence-corrected chi connectivity index (χ2v) is 7.74. The van der Waals surface area contributed by atoms with Gasteiger partial charge in [0.2, 0.25) is 0 Å². The summed E-state index contributed by atoms with van der Waals surface area (Å²) in [6.07, 6.45) is 0.832. The number of nitrogens with zero attached hydrogens (tertiary/aromatic N) is 1. The lowest BCUT2D eigenvalue weighted by molar-refractivity contribution is 0.102. The molecule has 2 aromatic carbocycles. The molecule has 2 amide bonds. The summed E-state index contributed by atoms with van der Waals surface area (Å²) in [5.74, 6) is 0.561. The second-order valence-electron chi connectivity index (χ2n) is 6.31. The van der Waals surface area contributed by atoms with Crippen molar-refractivity contribution in [1.82, 2.24) is 4.90 Å². The molecule has 0 saturated heterocycles. The predicted molar refractivity (Wildman–Crippen MR) is 118 cm³/mol. The van der Waals surface area contributed by atoms with Gasteiger partial charge in [-0.05, 0) is 61.5 Å².